The number of amides is 1. The van der Waals surface area contributed by atoms with Gasteiger partial charge in [-0.2, -0.15) is 13.2 Å². The van der Waals surface area contributed by atoms with Crippen LogP contribution >= 0.6 is 0 Å². The van der Waals surface area contributed by atoms with Crippen molar-refractivity contribution in [3.63, 3.8) is 0 Å². The molecule has 5 rings (SSSR count). The van der Waals surface area contributed by atoms with Gasteiger partial charge in [0.05, 0.1) is 24.1 Å². The summed E-state index contributed by atoms with van der Waals surface area (Å²) in [5, 5.41) is 13.6. The van der Waals surface area contributed by atoms with Crippen molar-refractivity contribution in [2.75, 3.05) is 31.6 Å². The predicted molar refractivity (Wildman–Crippen MR) is 128 cm³/mol. The van der Waals surface area contributed by atoms with E-state index in [1.54, 1.807) is 12.1 Å². The second-order valence-corrected chi connectivity index (χ2v) is 10.2. The SMILES string of the molecule is COc1ccc(CN[C@@H]2CC[C@@]3(C2)C(=O)N2CCN(c4cc(C(F)(F)F)ccn4)CC2C3C)cc1O. The first-order chi connectivity index (χ1) is 17.1. The number of nitrogens with one attached hydrogen (secondary N) is 1. The summed E-state index contributed by atoms with van der Waals surface area (Å²) < 4.78 is 44.7. The number of pyridine rings is 1. The van der Waals surface area contributed by atoms with Gasteiger partial charge in [0.1, 0.15) is 5.82 Å². The molecule has 2 unspecified atom stereocenters. The third-order valence-electron chi connectivity index (χ3n) is 8.34. The number of phenolic OH excluding ortho intramolecular Hbond substituents is 1. The number of hydrogen-bond donors (Lipinski definition) is 2. The van der Waals surface area contributed by atoms with Crippen molar-refractivity contribution in [3.05, 3.63) is 47.7 Å². The van der Waals surface area contributed by atoms with Crippen LogP contribution in [0, 0.1) is 11.3 Å². The molecule has 2 aliphatic heterocycles. The molecule has 3 aliphatic rings. The maximum absolute atomic E-state index is 13.6. The lowest BCUT2D eigenvalue weighted by molar-refractivity contribution is -0.138. The van der Waals surface area contributed by atoms with Crippen LogP contribution in [0.25, 0.3) is 0 Å². The van der Waals surface area contributed by atoms with E-state index in [1.165, 1.54) is 13.3 Å². The van der Waals surface area contributed by atoms with Gasteiger partial charge in [-0.25, -0.2) is 4.98 Å². The highest BCUT2D eigenvalue weighted by atomic mass is 19.4. The Balaban J connectivity index is 1.26. The fourth-order valence-electron chi connectivity index (χ4n) is 6.28. The average molecular weight is 505 g/mol. The number of fused-ring (bicyclic) bond motifs is 1. The van der Waals surface area contributed by atoms with Gasteiger partial charge in [0.15, 0.2) is 11.5 Å². The molecule has 1 amide bonds. The van der Waals surface area contributed by atoms with Crippen LogP contribution in [0.3, 0.4) is 0 Å². The average Bonchev–Trinajstić information content (AvgIpc) is 3.38. The minimum absolute atomic E-state index is 0.0557. The Morgan fingerprint density at radius 1 is 1.25 bits per heavy atom. The highest BCUT2D eigenvalue weighted by Crippen LogP contribution is 2.53. The standard InChI is InChI=1S/C26H31F3N4O3/c1-16-20-15-32(23-12-18(6-8-30-23)26(27,28)29)9-10-33(20)24(35)25(16)7-5-19(13-25)31-14-17-3-4-22(36-2)21(34)11-17/h3-4,6,8,11-12,16,19-20,31,34H,5,7,9-10,13-15H2,1-2H3/t16?,19-,20?,25+/m1/s1. The number of halogens is 3. The number of hydrogen-bond acceptors (Lipinski definition) is 6. The quantitative estimate of drug-likeness (QED) is 0.645. The van der Waals surface area contributed by atoms with Crippen LogP contribution < -0.4 is 15.0 Å². The van der Waals surface area contributed by atoms with Crippen LogP contribution in [0.5, 0.6) is 11.5 Å². The Bertz CT molecular complexity index is 1140. The molecule has 2 saturated heterocycles. The second-order valence-electron chi connectivity index (χ2n) is 10.2. The molecule has 1 aliphatic carbocycles. The van der Waals surface area contributed by atoms with E-state index in [1.807, 2.05) is 15.9 Å². The first kappa shape index (κ1) is 24.7. The Kier molecular flexibility index (Phi) is 6.26. The smallest absolute Gasteiger partial charge is 0.416 e. The molecule has 1 spiro atoms. The predicted octanol–water partition coefficient (Wildman–Crippen LogP) is 3.81. The van der Waals surface area contributed by atoms with Crippen LogP contribution in [0.1, 0.15) is 37.3 Å². The molecular weight excluding hydrogens is 473 g/mol. The van der Waals surface area contributed by atoms with Gasteiger partial charge in [-0.15, -0.1) is 0 Å². The summed E-state index contributed by atoms with van der Waals surface area (Å²) in [5.74, 6) is 1.07. The zero-order chi connectivity index (χ0) is 25.7. The molecule has 7 nitrogen and oxygen atoms in total. The van der Waals surface area contributed by atoms with Crippen molar-refractivity contribution >= 4 is 11.7 Å². The van der Waals surface area contributed by atoms with Crippen molar-refractivity contribution in [3.8, 4) is 11.5 Å². The Morgan fingerprint density at radius 3 is 2.78 bits per heavy atom. The van der Waals surface area contributed by atoms with Crippen LogP contribution in [0.15, 0.2) is 36.5 Å². The van der Waals surface area contributed by atoms with E-state index in [-0.39, 0.29) is 29.7 Å². The van der Waals surface area contributed by atoms with E-state index in [0.29, 0.717) is 37.7 Å². The van der Waals surface area contributed by atoms with E-state index < -0.39 is 17.2 Å². The second kappa shape index (κ2) is 9.14. The molecule has 2 N–H and O–H groups in total. The lowest BCUT2D eigenvalue weighted by Crippen LogP contribution is -2.53. The maximum Gasteiger partial charge on any atom is 0.416 e. The summed E-state index contributed by atoms with van der Waals surface area (Å²) in [5.41, 5.74) is -0.236. The van der Waals surface area contributed by atoms with E-state index in [4.69, 9.17) is 4.74 Å². The van der Waals surface area contributed by atoms with Crippen LogP contribution in [0.2, 0.25) is 0 Å². The molecule has 0 radical (unpaired) electrons. The Labute approximate surface area is 208 Å². The normalized spacial score (nSPS) is 28.1. The first-order valence-electron chi connectivity index (χ1n) is 12.3. The topological polar surface area (TPSA) is 77.9 Å². The third kappa shape index (κ3) is 4.25. The van der Waals surface area contributed by atoms with Crippen molar-refractivity contribution in [2.45, 2.75) is 51.0 Å². The lowest BCUT2D eigenvalue weighted by atomic mass is 9.74. The van der Waals surface area contributed by atoms with Gasteiger partial charge in [-0.05, 0) is 55.0 Å². The lowest BCUT2D eigenvalue weighted by Gasteiger charge is -2.39. The van der Waals surface area contributed by atoms with Gasteiger partial charge < -0.3 is 25.0 Å². The maximum atomic E-state index is 13.6. The molecule has 10 heteroatoms. The summed E-state index contributed by atoms with van der Waals surface area (Å²) in [4.78, 5) is 21.6. The van der Waals surface area contributed by atoms with Crippen LogP contribution in [0.4, 0.5) is 19.0 Å². The van der Waals surface area contributed by atoms with Gasteiger partial charge in [0.2, 0.25) is 5.91 Å². The zero-order valence-corrected chi connectivity index (χ0v) is 20.4. The van der Waals surface area contributed by atoms with E-state index in [2.05, 4.69) is 17.2 Å². The van der Waals surface area contributed by atoms with Gasteiger partial charge in [0.25, 0.3) is 0 Å². The number of phenols is 1. The van der Waals surface area contributed by atoms with Crippen molar-refractivity contribution in [1.29, 1.82) is 0 Å². The van der Waals surface area contributed by atoms with Crippen molar-refractivity contribution in [2.24, 2.45) is 11.3 Å². The largest absolute Gasteiger partial charge is 0.504 e. The summed E-state index contributed by atoms with van der Waals surface area (Å²) in [6.07, 6.45) is -0.837. The van der Waals surface area contributed by atoms with Crippen LogP contribution in [-0.4, -0.2) is 59.7 Å². The number of benzene rings is 1. The molecule has 1 aromatic heterocycles. The minimum Gasteiger partial charge on any atom is -0.504 e. The summed E-state index contributed by atoms with van der Waals surface area (Å²) in [7, 11) is 1.51. The monoisotopic (exact) mass is 504 g/mol. The fourth-order valence-corrected chi connectivity index (χ4v) is 6.28. The summed E-state index contributed by atoms with van der Waals surface area (Å²) >= 11 is 0. The highest BCUT2D eigenvalue weighted by molar-refractivity contribution is 5.87. The number of ether oxygens (including phenoxy) is 1. The molecule has 2 aromatic rings. The number of aromatic hydroxyl groups is 1. The number of carbonyl (C=O) groups is 1. The number of methoxy groups -OCH3 is 1. The summed E-state index contributed by atoms with van der Waals surface area (Å²) in [6.45, 7) is 4.10. The molecular formula is C26H31F3N4O3. The number of carbonyl (C=O) groups excluding carboxylic acids is 1. The van der Waals surface area contributed by atoms with Gasteiger partial charge in [-0.3, -0.25) is 4.79 Å². The van der Waals surface area contributed by atoms with E-state index in [9.17, 15) is 23.1 Å². The van der Waals surface area contributed by atoms with Gasteiger partial charge >= 0.3 is 6.18 Å². The molecule has 194 valence electrons. The molecule has 0 bridgehead atoms. The molecule has 3 fully saturated rings. The number of aromatic nitrogens is 1. The minimum atomic E-state index is -4.42. The van der Waals surface area contributed by atoms with Crippen molar-refractivity contribution in [1.82, 2.24) is 15.2 Å². The molecule has 3 heterocycles. The first-order valence-corrected chi connectivity index (χ1v) is 12.3. The van der Waals surface area contributed by atoms with Gasteiger partial charge in [-0.1, -0.05) is 13.0 Å². The Hall–Kier alpha value is -3.01. The number of anilines is 1. The fraction of sp³-hybridized carbons (Fsp3) is 0.538. The van der Waals surface area contributed by atoms with E-state index >= 15 is 0 Å². The number of nitrogens with zero attached hydrogens (tertiary/aromatic N) is 3. The van der Waals surface area contributed by atoms with Gasteiger partial charge in [0, 0.05) is 38.4 Å². The Morgan fingerprint density at radius 2 is 2.06 bits per heavy atom. The number of alkyl halides is 3. The van der Waals surface area contributed by atoms with Crippen LogP contribution in [-0.2, 0) is 17.5 Å². The third-order valence-corrected chi connectivity index (χ3v) is 8.34. The molecule has 1 aromatic carbocycles. The number of piperazine rings is 1. The molecule has 36 heavy (non-hydrogen) atoms. The molecule has 4 atom stereocenters. The highest BCUT2D eigenvalue weighted by Gasteiger charge is 2.60. The number of rotatable bonds is 5. The molecule has 1 saturated carbocycles. The zero-order valence-electron chi connectivity index (χ0n) is 20.4. The van der Waals surface area contributed by atoms with E-state index in [0.717, 1.165) is 37.0 Å². The summed E-state index contributed by atoms with van der Waals surface area (Å²) in [6, 6.07) is 7.50. The van der Waals surface area contributed by atoms with Crippen molar-refractivity contribution < 1.29 is 27.8 Å².